The number of nitrogens with zero attached hydrogens (tertiary/aromatic N) is 2. The van der Waals surface area contributed by atoms with Crippen molar-refractivity contribution < 1.29 is 22.3 Å². The lowest BCUT2D eigenvalue weighted by Crippen LogP contribution is -2.35. The number of aromatic nitrogens is 3. The van der Waals surface area contributed by atoms with Crippen molar-refractivity contribution in [3.63, 3.8) is 0 Å². The number of sulfone groups is 1. The second-order valence-electron chi connectivity index (χ2n) is 8.86. The lowest BCUT2D eigenvalue weighted by molar-refractivity contribution is -0.125. The van der Waals surface area contributed by atoms with Gasteiger partial charge in [-0.15, -0.1) is 0 Å². The van der Waals surface area contributed by atoms with Gasteiger partial charge in [-0.25, -0.2) is 22.8 Å². The monoisotopic (exact) mass is 503 g/mol. The second kappa shape index (κ2) is 10.6. The van der Waals surface area contributed by atoms with Gasteiger partial charge >= 0.3 is 0 Å². The highest BCUT2D eigenvalue weighted by Crippen LogP contribution is 2.36. The van der Waals surface area contributed by atoms with Crippen LogP contribution in [-0.2, 0) is 27.5 Å². The predicted molar refractivity (Wildman–Crippen MR) is 132 cm³/mol. The van der Waals surface area contributed by atoms with E-state index in [0.717, 1.165) is 23.1 Å². The summed E-state index contributed by atoms with van der Waals surface area (Å²) in [6.07, 6.45) is 5.67. The molecule has 1 aliphatic rings. The van der Waals surface area contributed by atoms with Crippen molar-refractivity contribution in [1.29, 1.82) is 0 Å². The van der Waals surface area contributed by atoms with E-state index in [1.807, 2.05) is 6.92 Å². The molecule has 0 radical (unpaired) electrons. The van der Waals surface area contributed by atoms with E-state index in [9.17, 15) is 17.6 Å². The molecule has 0 aliphatic heterocycles. The number of hydrogen-bond donors (Lipinski definition) is 3. The fourth-order valence-corrected chi connectivity index (χ4v) is 4.98. The number of aryl methyl sites for hydroxylation is 1. The van der Waals surface area contributed by atoms with Gasteiger partial charge in [-0.2, -0.15) is 0 Å². The van der Waals surface area contributed by atoms with E-state index < -0.39 is 15.7 Å². The zero-order valence-electron chi connectivity index (χ0n) is 19.9. The molecule has 1 aliphatic carbocycles. The van der Waals surface area contributed by atoms with Crippen LogP contribution < -0.4 is 15.4 Å². The normalized spacial score (nSPS) is 15.6. The topological polar surface area (TPSA) is 126 Å². The zero-order valence-corrected chi connectivity index (χ0v) is 20.7. The molecular weight excluding hydrogens is 473 g/mol. The van der Waals surface area contributed by atoms with Crippen LogP contribution >= 0.6 is 0 Å². The van der Waals surface area contributed by atoms with Crippen molar-refractivity contribution in [2.24, 2.45) is 5.92 Å². The van der Waals surface area contributed by atoms with Crippen LogP contribution in [0.1, 0.15) is 37.4 Å². The number of hydrogen-bond acceptors (Lipinski definition) is 7. The first-order valence-corrected chi connectivity index (χ1v) is 13.8. The summed E-state index contributed by atoms with van der Waals surface area (Å²) in [5.74, 6) is 0.339. The van der Waals surface area contributed by atoms with Crippen LogP contribution in [0.5, 0.6) is 5.75 Å². The Morgan fingerprint density at radius 2 is 2.14 bits per heavy atom. The predicted octanol–water partition coefficient (Wildman–Crippen LogP) is 3.29. The Labute approximate surface area is 203 Å². The molecule has 9 nitrogen and oxygen atoms in total. The third kappa shape index (κ3) is 6.08. The van der Waals surface area contributed by atoms with Crippen molar-refractivity contribution in [2.75, 3.05) is 30.5 Å². The third-order valence-corrected chi connectivity index (χ3v) is 7.02. The summed E-state index contributed by atoms with van der Waals surface area (Å²) in [7, 11) is -3.05. The molecule has 35 heavy (non-hydrogen) atoms. The first kappa shape index (κ1) is 24.9. The molecule has 2 aromatic heterocycles. The molecule has 188 valence electrons. The Balaban J connectivity index is 1.55. The molecule has 1 atom stereocenters. The number of halogens is 1. The molecule has 0 unspecified atom stereocenters. The van der Waals surface area contributed by atoms with Crippen molar-refractivity contribution in [1.82, 2.24) is 20.3 Å². The van der Waals surface area contributed by atoms with Gasteiger partial charge < -0.3 is 20.4 Å². The minimum absolute atomic E-state index is 0.0426. The summed E-state index contributed by atoms with van der Waals surface area (Å²) in [6, 6.07) is 4.30. The number of H-pyrrole nitrogens is 1. The van der Waals surface area contributed by atoms with Crippen LogP contribution in [0.15, 0.2) is 24.5 Å². The SMILES string of the molecule is CCCOc1ccc(F)cc1Nc1ncnc2[nH]c3c(c12)C[C@@H](C(=O)NCCCS(C)(=O)=O)CC3. The lowest BCUT2D eigenvalue weighted by Gasteiger charge is -2.22. The van der Waals surface area contributed by atoms with Gasteiger partial charge in [-0.3, -0.25) is 4.79 Å². The molecule has 0 saturated heterocycles. The maximum Gasteiger partial charge on any atom is 0.223 e. The van der Waals surface area contributed by atoms with Crippen molar-refractivity contribution >= 4 is 38.3 Å². The van der Waals surface area contributed by atoms with Crippen LogP contribution in [0.2, 0.25) is 0 Å². The summed E-state index contributed by atoms with van der Waals surface area (Å²) >= 11 is 0. The molecule has 1 amide bonds. The molecule has 1 aromatic carbocycles. The van der Waals surface area contributed by atoms with Gasteiger partial charge in [0.05, 0.1) is 23.4 Å². The molecule has 3 N–H and O–H groups in total. The molecule has 0 fully saturated rings. The second-order valence-corrected chi connectivity index (χ2v) is 11.1. The van der Waals surface area contributed by atoms with E-state index >= 15 is 0 Å². The maximum atomic E-state index is 14.0. The third-order valence-electron chi connectivity index (χ3n) is 5.99. The number of amides is 1. The zero-order chi connectivity index (χ0) is 25.0. The Bertz CT molecular complexity index is 1320. The number of aromatic amines is 1. The van der Waals surface area contributed by atoms with E-state index in [4.69, 9.17) is 4.74 Å². The van der Waals surface area contributed by atoms with Crippen LogP contribution in [-0.4, -0.2) is 54.4 Å². The number of carbonyl (C=O) groups excluding carboxylic acids is 1. The number of fused-ring (bicyclic) bond motifs is 3. The highest BCUT2D eigenvalue weighted by atomic mass is 32.2. The van der Waals surface area contributed by atoms with Crippen LogP contribution in [0.3, 0.4) is 0 Å². The molecule has 0 spiro atoms. The molecule has 0 saturated carbocycles. The number of anilines is 2. The summed E-state index contributed by atoms with van der Waals surface area (Å²) in [5.41, 5.74) is 3.07. The number of carbonyl (C=O) groups is 1. The van der Waals surface area contributed by atoms with E-state index in [2.05, 4.69) is 25.6 Å². The largest absolute Gasteiger partial charge is 0.491 e. The van der Waals surface area contributed by atoms with E-state index in [1.165, 1.54) is 24.7 Å². The summed E-state index contributed by atoms with van der Waals surface area (Å²) in [5, 5.41) is 6.84. The Kier molecular flexibility index (Phi) is 7.54. The Morgan fingerprint density at radius 1 is 1.31 bits per heavy atom. The van der Waals surface area contributed by atoms with E-state index in [0.29, 0.717) is 61.7 Å². The minimum atomic E-state index is -3.05. The quantitative estimate of drug-likeness (QED) is 0.363. The highest BCUT2D eigenvalue weighted by molar-refractivity contribution is 7.90. The molecule has 0 bridgehead atoms. The van der Waals surface area contributed by atoms with E-state index in [-0.39, 0.29) is 17.6 Å². The Hall–Kier alpha value is -3.21. The number of rotatable bonds is 10. The first-order chi connectivity index (χ1) is 16.7. The van der Waals surface area contributed by atoms with Crippen molar-refractivity contribution in [2.45, 2.75) is 39.0 Å². The number of ether oxygens (including phenoxy) is 1. The number of benzene rings is 1. The highest BCUT2D eigenvalue weighted by Gasteiger charge is 2.29. The van der Waals surface area contributed by atoms with Gasteiger partial charge in [-0.1, -0.05) is 6.92 Å². The molecule has 3 aromatic rings. The molecule has 2 heterocycles. The lowest BCUT2D eigenvalue weighted by atomic mass is 9.86. The Morgan fingerprint density at radius 3 is 2.91 bits per heavy atom. The fourth-order valence-electron chi connectivity index (χ4n) is 4.32. The van der Waals surface area contributed by atoms with Crippen molar-refractivity contribution in [3.05, 3.63) is 41.6 Å². The standard InChI is InChI=1S/C24H30FN5O4S/c1-3-10-34-20-8-6-16(25)13-19(20)30-23-21-17-12-15(24(31)26-9-4-11-35(2,32)33)5-7-18(17)29-22(21)27-14-28-23/h6,8,13-15H,3-5,7,9-12H2,1-2H3,(H,26,31)(H2,27,28,29,30)/t15-/m0/s1. The van der Waals surface area contributed by atoms with E-state index in [1.54, 1.807) is 6.07 Å². The van der Waals surface area contributed by atoms with Gasteiger partial charge in [0, 0.05) is 30.5 Å². The van der Waals surface area contributed by atoms with Gasteiger partial charge in [0.15, 0.2) is 0 Å². The van der Waals surface area contributed by atoms with Gasteiger partial charge in [0.2, 0.25) is 5.91 Å². The van der Waals surface area contributed by atoms with Crippen LogP contribution in [0, 0.1) is 11.7 Å². The molecular formula is C24H30FN5O4S. The van der Waals surface area contributed by atoms with Crippen LogP contribution in [0.25, 0.3) is 11.0 Å². The smallest absolute Gasteiger partial charge is 0.223 e. The van der Waals surface area contributed by atoms with Gasteiger partial charge in [0.1, 0.15) is 39.2 Å². The van der Waals surface area contributed by atoms with Crippen LogP contribution in [0.4, 0.5) is 15.9 Å². The first-order valence-electron chi connectivity index (χ1n) is 11.7. The average Bonchev–Trinajstić information content (AvgIpc) is 3.19. The fraction of sp³-hybridized carbons (Fsp3) is 0.458. The molecule has 4 rings (SSSR count). The maximum absolute atomic E-state index is 14.0. The van der Waals surface area contributed by atoms with Crippen molar-refractivity contribution in [3.8, 4) is 5.75 Å². The van der Waals surface area contributed by atoms with Gasteiger partial charge in [0.25, 0.3) is 0 Å². The minimum Gasteiger partial charge on any atom is -0.491 e. The number of nitrogens with one attached hydrogen (secondary N) is 3. The average molecular weight is 504 g/mol. The molecule has 11 heteroatoms. The summed E-state index contributed by atoms with van der Waals surface area (Å²) in [6.45, 7) is 2.81. The van der Waals surface area contributed by atoms with Gasteiger partial charge in [-0.05, 0) is 49.8 Å². The summed E-state index contributed by atoms with van der Waals surface area (Å²) in [4.78, 5) is 24.9. The summed E-state index contributed by atoms with van der Waals surface area (Å²) < 4.78 is 42.4.